The number of ether oxygens (including phenoxy) is 3. The summed E-state index contributed by atoms with van der Waals surface area (Å²) in [5.41, 5.74) is -1.42. The molecule has 5 rings (SSSR count). The maximum atomic E-state index is 13.3. The van der Waals surface area contributed by atoms with Gasteiger partial charge in [-0.25, -0.2) is 0 Å². The highest BCUT2D eigenvalue weighted by molar-refractivity contribution is 6.15. The molecule has 2 heterocycles. The normalized spacial score (nSPS) is 54.0. The quantitative estimate of drug-likeness (QED) is 0.427. The van der Waals surface area contributed by atoms with Gasteiger partial charge in [0.1, 0.15) is 5.41 Å². The molecule has 5 aliphatic rings. The first-order chi connectivity index (χ1) is 12.8. The van der Waals surface area contributed by atoms with Crippen molar-refractivity contribution in [3.05, 3.63) is 12.2 Å². The molecular weight excluding hydrogens is 348 g/mol. The molecule has 0 aromatic rings. The van der Waals surface area contributed by atoms with E-state index >= 15 is 0 Å². The van der Waals surface area contributed by atoms with E-state index in [-0.39, 0.29) is 29.6 Å². The monoisotopic (exact) mass is 376 g/mol. The molecule has 2 saturated heterocycles. The molecular formula is C21H28O6. The van der Waals surface area contributed by atoms with Crippen LogP contribution >= 0.6 is 0 Å². The van der Waals surface area contributed by atoms with Crippen LogP contribution < -0.4 is 0 Å². The summed E-state index contributed by atoms with van der Waals surface area (Å²) in [6, 6.07) is 0. The average molecular weight is 376 g/mol. The number of rotatable bonds is 1. The van der Waals surface area contributed by atoms with Gasteiger partial charge in [0.2, 0.25) is 0 Å². The number of carbonyl (C=O) groups is 2. The van der Waals surface area contributed by atoms with Crippen LogP contribution in [0.15, 0.2) is 12.2 Å². The summed E-state index contributed by atoms with van der Waals surface area (Å²) in [6.45, 7) is 6.98. The molecule has 3 aliphatic carbocycles. The first-order valence-corrected chi connectivity index (χ1v) is 10.0. The van der Waals surface area contributed by atoms with Crippen molar-refractivity contribution >= 4 is 11.8 Å². The lowest BCUT2D eigenvalue weighted by molar-refractivity contribution is -0.244. The zero-order chi connectivity index (χ0) is 19.2. The summed E-state index contributed by atoms with van der Waals surface area (Å²) in [7, 11) is 1.64. The molecule has 148 valence electrons. The second kappa shape index (κ2) is 5.43. The Morgan fingerprint density at radius 3 is 2.74 bits per heavy atom. The van der Waals surface area contributed by atoms with Crippen molar-refractivity contribution in [1.29, 1.82) is 0 Å². The molecule has 0 aromatic heterocycles. The Morgan fingerprint density at radius 1 is 1.22 bits per heavy atom. The van der Waals surface area contributed by atoms with Crippen LogP contribution in [0.3, 0.4) is 0 Å². The van der Waals surface area contributed by atoms with Gasteiger partial charge >= 0.3 is 5.97 Å². The Hall–Kier alpha value is -1.24. The molecule has 1 N–H and O–H groups in total. The van der Waals surface area contributed by atoms with Crippen LogP contribution in [0, 0.1) is 34.0 Å². The summed E-state index contributed by atoms with van der Waals surface area (Å²) in [6.07, 6.45) is 2.56. The zero-order valence-corrected chi connectivity index (χ0v) is 16.0. The van der Waals surface area contributed by atoms with Gasteiger partial charge in [0, 0.05) is 24.4 Å². The molecule has 3 saturated carbocycles. The SMILES string of the molecule is C=C1C(=O)C23CC1C[C@@H](O)[C@H]2C1(CCC[C@@]2(C)CO[C@@H](OC)[C@@H]12)COC3=O. The van der Waals surface area contributed by atoms with Crippen LogP contribution in [0.1, 0.15) is 39.0 Å². The van der Waals surface area contributed by atoms with Crippen LogP contribution in [-0.2, 0) is 23.8 Å². The number of esters is 1. The van der Waals surface area contributed by atoms with E-state index in [1.165, 1.54) is 0 Å². The van der Waals surface area contributed by atoms with Crippen molar-refractivity contribution in [2.24, 2.45) is 34.0 Å². The zero-order valence-electron chi connectivity index (χ0n) is 16.0. The van der Waals surface area contributed by atoms with Gasteiger partial charge in [-0.1, -0.05) is 19.9 Å². The van der Waals surface area contributed by atoms with Crippen molar-refractivity contribution in [2.45, 2.75) is 51.4 Å². The fourth-order valence-corrected chi connectivity index (χ4v) is 7.59. The molecule has 2 spiro atoms. The Labute approximate surface area is 159 Å². The van der Waals surface area contributed by atoms with Gasteiger partial charge < -0.3 is 19.3 Å². The van der Waals surface area contributed by atoms with E-state index in [9.17, 15) is 14.7 Å². The second-order valence-electron chi connectivity index (χ2n) is 9.72. The summed E-state index contributed by atoms with van der Waals surface area (Å²) < 4.78 is 17.4. The number of Topliss-reactive ketones (excluding diaryl/α,β-unsaturated/α-hetero) is 1. The van der Waals surface area contributed by atoms with Crippen LogP contribution in [0.4, 0.5) is 0 Å². The van der Waals surface area contributed by atoms with Gasteiger partial charge in [-0.05, 0) is 42.6 Å². The molecule has 2 aliphatic heterocycles. The van der Waals surface area contributed by atoms with Gasteiger partial charge in [0.05, 0.1) is 19.3 Å². The van der Waals surface area contributed by atoms with Crippen LogP contribution in [-0.4, -0.2) is 49.6 Å². The summed E-state index contributed by atoms with van der Waals surface area (Å²) in [5, 5.41) is 11.2. The summed E-state index contributed by atoms with van der Waals surface area (Å²) in [5.74, 6) is -1.28. The lowest BCUT2D eigenvalue weighted by Crippen LogP contribution is -2.67. The van der Waals surface area contributed by atoms with Gasteiger partial charge in [-0.2, -0.15) is 0 Å². The van der Waals surface area contributed by atoms with Crippen molar-refractivity contribution in [3.63, 3.8) is 0 Å². The first kappa shape index (κ1) is 17.8. The van der Waals surface area contributed by atoms with Crippen LogP contribution in [0.2, 0.25) is 0 Å². The second-order valence-corrected chi connectivity index (χ2v) is 9.72. The molecule has 5 fully saturated rings. The highest BCUT2D eigenvalue weighted by Gasteiger charge is 2.76. The van der Waals surface area contributed by atoms with Gasteiger partial charge in [-0.15, -0.1) is 0 Å². The number of ketones is 1. The molecule has 0 amide bonds. The smallest absolute Gasteiger partial charge is 0.320 e. The van der Waals surface area contributed by atoms with E-state index in [0.29, 0.717) is 25.0 Å². The van der Waals surface area contributed by atoms with E-state index in [4.69, 9.17) is 14.2 Å². The number of hydrogen-bond donors (Lipinski definition) is 1. The van der Waals surface area contributed by atoms with Crippen molar-refractivity contribution < 1.29 is 28.9 Å². The predicted molar refractivity (Wildman–Crippen MR) is 94.4 cm³/mol. The Morgan fingerprint density at radius 2 is 2.00 bits per heavy atom. The van der Waals surface area contributed by atoms with E-state index in [1.54, 1.807) is 7.11 Å². The minimum atomic E-state index is -1.28. The van der Waals surface area contributed by atoms with Crippen molar-refractivity contribution in [1.82, 2.24) is 0 Å². The topological polar surface area (TPSA) is 82.1 Å². The number of carbonyl (C=O) groups excluding carboxylic acids is 2. The number of cyclic esters (lactones) is 1. The molecule has 6 nitrogen and oxygen atoms in total. The molecule has 27 heavy (non-hydrogen) atoms. The van der Waals surface area contributed by atoms with Gasteiger partial charge in [-0.3, -0.25) is 9.59 Å². The van der Waals surface area contributed by atoms with Crippen molar-refractivity contribution in [3.8, 4) is 0 Å². The lowest BCUT2D eigenvalue weighted by atomic mass is 9.44. The highest BCUT2D eigenvalue weighted by atomic mass is 16.7. The third-order valence-electron chi connectivity index (χ3n) is 8.50. The van der Waals surface area contributed by atoms with E-state index < -0.39 is 35.1 Å². The Bertz CT molecular complexity index is 732. The van der Waals surface area contributed by atoms with Crippen molar-refractivity contribution in [2.75, 3.05) is 20.3 Å². The molecule has 3 unspecified atom stereocenters. The predicted octanol–water partition coefficient (Wildman–Crippen LogP) is 1.85. The lowest BCUT2D eigenvalue weighted by Gasteiger charge is -2.61. The molecule has 0 aromatic carbocycles. The molecule has 8 atom stereocenters. The minimum Gasteiger partial charge on any atom is -0.464 e. The van der Waals surface area contributed by atoms with Gasteiger partial charge in [0.15, 0.2) is 12.1 Å². The van der Waals surface area contributed by atoms with E-state index in [2.05, 4.69) is 13.5 Å². The number of fused-ring (bicyclic) bond motifs is 4. The largest absolute Gasteiger partial charge is 0.464 e. The maximum absolute atomic E-state index is 13.3. The maximum Gasteiger partial charge on any atom is 0.320 e. The number of allylic oxidation sites excluding steroid dienone is 1. The molecule has 6 heteroatoms. The summed E-state index contributed by atoms with van der Waals surface area (Å²) >= 11 is 0. The third-order valence-corrected chi connectivity index (χ3v) is 8.50. The molecule has 0 radical (unpaired) electrons. The molecule has 2 bridgehead atoms. The fourth-order valence-electron chi connectivity index (χ4n) is 7.59. The standard InChI is InChI=1S/C21H28O6/c1-11-12-7-13(22)14-20(10-27-18(24)21(14,8-12)16(11)23)6-4-5-19(2)9-26-17(25-3)15(19)20/h12-15,17,22H,1,4-10H2,2-3H3/t12?,13-,14+,15-,17-,19+,20?,21?/m1/s1. The van der Waals surface area contributed by atoms with E-state index in [0.717, 1.165) is 19.3 Å². The van der Waals surface area contributed by atoms with E-state index in [1.807, 2.05) is 0 Å². The van der Waals surface area contributed by atoms with Crippen LogP contribution in [0.25, 0.3) is 0 Å². The number of methoxy groups -OCH3 is 1. The Balaban J connectivity index is 1.70. The summed E-state index contributed by atoms with van der Waals surface area (Å²) in [4.78, 5) is 26.3. The minimum absolute atomic E-state index is 0.0217. The Kier molecular flexibility index (Phi) is 3.58. The van der Waals surface area contributed by atoms with Crippen LogP contribution in [0.5, 0.6) is 0 Å². The fraction of sp³-hybridized carbons (Fsp3) is 0.810. The van der Waals surface area contributed by atoms with Gasteiger partial charge in [0.25, 0.3) is 0 Å². The average Bonchev–Trinajstić information content (AvgIpc) is 3.09. The first-order valence-electron chi connectivity index (χ1n) is 10.0. The number of aliphatic hydroxyl groups is 1. The number of aliphatic hydroxyl groups excluding tert-OH is 1. The highest BCUT2D eigenvalue weighted by Crippen LogP contribution is 2.69. The third kappa shape index (κ3) is 1.92. The number of hydrogen-bond acceptors (Lipinski definition) is 6.